The van der Waals surface area contributed by atoms with Gasteiger partial charge in [-0.2, -0.15) is 11.8 Å². The maximum Gasteiger partial charge on any atom is 0.329 e. The predicted molar refractivity (Wildman–Crippen MR) is 102 cm³/mol. The number of carbonyl (C=O) groups excluding carboxylic acids is 2. The summed E-state index contributed by atoms with van der Waals surface area (Å²) in [7, 11) is 0. The minimum atomic E-state index is -0.564. The molecule has 0 bridgehead atoms. The Hall–Kier alpha value is -2.54. The average Bonchev–Trinajstić information content (AvgIpc) is 2.70. The van der Waals surface area contributed by atoms with Gasteiger partial charge in [0.1, 0.15) is 23.4 Å². The molecule has 2 aromatic rings. The van der Waals surface area contributed by atoms with E-state index in [4.69, 9.17) is 9.47 Å². The van der Waals surface area contributed by atoms with Crippen molar-refractivity contribution in [2.75, 3.05) is 24.7 Å². The van der Waals surface area contributed by atoms with Crippen molar-refractivity contribution < 1.29 is 23.5 Å². The summed E-state index contributed by atoms with van der Waals surface area (Å²) in [5.74, 6) is 1.46. The predicted octanol–water partition coefficient (Wildman–Crippen LogP) is 3.74. The molecule has 1 saturated heterocycles. The number of hydrogen-bond donors (Lipinski definition) is 0. The fourth-order valence-corrected chi connectivity index (χ4v) is 3.78. The molecule has 1 aliphatic heterocycles. The van der Waals surface area contributed by atoms with Crippen LogP contribution in [-0.4, -0.2) is 47.5 Å². The quantitative estimate of drug-likeness (QED) is 0.729. The summed E-state index contributed by atoms with van der Waals surface area (Å²) in [6.07, 6.45) is 0. The van der Waals surface area contributed by atoms with Gasteiger partial charge in [-0.3, -0.25) is 4.79 Å². The van der Waals surface area contributed by atoms with Gasteiger partial charge in [-0.1, -0.05) is 0 Å². The lowest BCUT2D eigenvalue weighted by Gasteiger charge is -2.33. The number of halogens is 1. The number of thioether (sulfide) groups is 1. The van der Waals surface area contributed by atoms with Gasteiger partial charge in [0.05, 0.1) is 6.61 Å². The van der Waals surface area contributed by atoms with Crippen LogP contribution in [0.3, 0.4) is 0 Å². The van der Waals surface area contributed by atoms with Gasteiger partial charge in [0.25, 0.3) is 5.91 Å². The number of nitrogens with zero attached hydrogens (tertiary/aromatic N) is 1. The molecule has 0 aliphatic carbocycles. The van der Waals surface area contributed by atoms with Crippen molar-refractivity contribution in [1.29, 1.82) is 0 Å². The molecule has 0 unspecified atom stereocenters. The van der Waals surface area contributed by atoms with Crippen molar-refractivity contribution in [3.63, 3.8) is 0 Å². The van der Waals surface area contributed by atoms with E-state index in [0.29, 0.717) is 29.4 Å². The lowest BCUT2D eigenvalue weighted by atomic mass is 10.1. The van der Waals surface area contributed by atoms with Gasteiger partial charge in [0.2, 0.25) is 0 Å². The maximum atomic E-state index is 12.9. The fraction of sp³-hybridized carbons (Fsp3) is 0.300. The second-order valence-corrected chi connectivity index (χ2v) is 7.07. The summed E-state index contributed by atoms with van der Waals surface area (Å²) in [5.41, 5.74) is 0.475. The summed E-state index contributed by atoms with van der Waals surface area (Å²) >= 11 is 1.64. The van der Waals surface area contributed by atoms with Crippen molar-refractivity contribution in [3.8, 4) is 11.5 Å². The van der Waals surface area contributed by atoms with E-state index >= 15 is 0 Å². The average molecular weight is 389 g/mol. The van der Waals surface area contributed by atoms with Gasteiger partial charge in [-0.25, -0.2) is 9.18 Å². The first kappa shape index (κ1) is 19.2. The van der Waals surface area contributed by atoms with E-state index in [1.54, 1.807) is 47.9 Å². The second-order valence-electron chi connectivity index (χ2n) is 5.92. The molecule has 1 fully saturated rings. The topological polar surface area (TPSA) is 55.8 Å². The van der Waals surface area contributed by atoms with Crippen molar-refractivity contribution in [3.05, 3.63) is 59.9 Å². The van der Waals surface area contributed by atoms with Crippen LogP contribution >= 0.6 is 11.8 Å². The Morgan fingerprint density at radius 1 is 1.11 bits per heavy atom. The van der Waals surface area contributed by atoms with E-state index in [0.717, 1.165) is 5.75 Å². The smallest absolute Gasteiger partial charge is 0.329 e. The zero-order chi connectivity index (χ0) is 19.2. The molecule has 0 aromatic heterocycles. The molecule has 1 amide bonds. The fourth-order valence-electron chi connectivity index (χ4n) is 2.75. The molecule has 5 nitrogen and oxygen atoms in total. The Kier molecular flexibility index (Phi) is 6.34. The molecule has 0 saturated carbocycles. The van der Waals surface area contributed by atoms with Crippen LogP contribution in [0.4, 0.5) is 4.39 Å². The van der Waals surface area contributed by atoms with Gasteiger partial charge in [-0.05, 0) is 55.5 Å². The molecule has 7 heteroatoms. The lowest BCUT2D eigenvalue weighted by molar-refractivity contribution is -0.147. The number of esters is 1. The van der Waals surface area contributed by atoms with Gasteiger partial charge in [-0.15, -0.1) is 0 Å². The van der Waals surface area contributed by atoms with Crippen LogP contribution in [0.1, 0.15) is 17.3 Å². The number of ether oxygens (including phenoxy) is 2. The lowest BCUT2D eigenvalue weighted by Crippen LogP contribution is -2.50. The summed E-state index contributed by atoms with van der Waals surface area (Å²) in [4.78, 5) is 26.6. The van der Waals surface area contributed by atoms with E-state index in [1.165, 1.54) is 24.3 Å². The molecule has 1 heterocycles. The highest BCUT2D eigenvalue weighted by Gasteiger charge is 2.34. The first-order valence-corrected chi connectivity index (χ1v) is 9.83. The zero-order valence-corrected chi connectivity index (χ0v) is 15.7. The van der Waals surface area contributed by atoms with Gasteiger partial charge >= 0.3 is 5.97 Å². The molecule has 0 spiro atoms. The number of carbonyl (C=O) groups is 2. The number of amides is 1. The highest BCUT2D eigenvalue weighted by atomic mass is 32.2. The molecule has 27 heavy (non-hydrogen) atoms. The van der Waals surface area contributed by atoms with Crippen LogP contribution in [0.5, 0.6) is 11.5 Å². The van der Waals surface area contributed by atoms with E-state index in [2.05, 4.69) is 0 Å². The first-order chi connectivity index (χ1) is 13.1. The standard InChI is InChI=1S/C20H20FNO4S/c1-2-25-20(24)18-13-27-12-11-22(18)19(23)14-3-7-16(8-4-14)26-17-9-5-15(21)6-10-17/h3-10,18H,2,11-13H2,1H3/t18-/m0/s1. The van der Waals surface area contributed by atoms with Crippen molar-refractivity contribution in [2.45, 2.75) is 13.0 Å². The minimum absolute atomic E-state index is 0.207. The van der Waals surface area contributed by atoms with Crippen LogP contribution in [0.25, 0.3) is 0 Å². The minimum Gasteiger partial charge on any atom is -0.464 e. The molecule has 0 N–H and O–H groups in total. The van der Waals surface area contributed by atoms with Crippen LogP contribution < -0.4 is 4.74 Å². The first-order valence-electron chi connectivity index (χ1n) is 8.67. The van der Waals surface area contributed by atoms with E-state index in [-0.39, 0.29) is 24.3 Å². The third-order valence-corrected chi connectivity index (χ3v) is 5.12. The summed E-state index contributed by atoms with van der Waals surface area (Å²) in [6, 6.07) is 11.8. The van der Waals surface area contributed by atoms with Crippen molar-refractivity contribution in [1.82, 2.24) is 4.90 Å². The molecule has 142 valence electrons. The van der Waals surface area contributed by atoms with Gasteiger partial charge < -0.3 is 14.4 Å². The highest BCUT2D eigenvalue weighted by molar-refractivity contribution is 7.99. The third-order valence-electron chi connectivity index (χ3n) is 4.10. The molecule has 3 rings (SSSR count). The normalized spacial score (nSPS) is 16.7. The van der Waals surface area contributed by atoms with Crippen molar-refractivity contribution >= 4 is 23.6 Å². The molecule has 1 aliphatic rings. The molecular weight excluding hydrogens is 369 g/mol. The molecular formula is C20H20FNO4S. The molecule has 1 atom stereocenters. The summed E-state index contributed by atoms with van der Waals surface area (Å²) < 4.78 is 23.7. The Bertz CT molecular complexity index is 795. The Labute approximate surface area is 161 Å². The van der Waals surface area contributed by atoms with E-state index < -0.39 is 6.04 Å². The third kappa shape index (κ3) is 4.80. The molecule has 0 radical (unpaired) electrons. The van der Waals surface area contributed by atoms with Gasteiger partial charge in [0.15, 0.2) is 0 Å². The van der Waals surface area contributed by atoms with Crippen LogP contribution in [0.15, 0.2) is 48.5 Å². The van der Waals surface area contributed by atoms with E-state index in [9.17, 15) is 14.0 Å². The number of hydrogen-bond acceptors (Lipinski definition) is 5. The largest absolute Gasteiger partial charge is 0.464 e. The van der Waals surface area contributed by atoms with Crippen LogP contribution in [0.2, 0.25) is 0 Å². The Balaban J connectivity index is 1.70. The highest BCUT2D eigenvalue weighted by Crippen LogP contribution is 2.24. The van der Waals surface area contributed by atoms with E-state index in [1.807, 2.05) is 0 Å². The Morgan fingerprint density at radius 2 is 1.74 bits per heavy atom. The monoisotopic (exact) mass is 389 g/mol. The van der Waals surface area contributed by atoms with Gasteiger partial charge in [0, 0.05) is 23.6 Å². The van der Waals surface area contributed by atoms with Crippen molar-refractivity contribution in [2.24, 2.45) is 0 Å². The summed E-state index contributed by atoms with van der Waals surface area (Å²) in [6.45, 7) is 2.54. The second kappa shape index (κ2) is 8.90. The summed E-state index contributed by atoms with van der Waals surface area (Å²) in [5, 5.41) is 0. The number of rotatable bonds is 5. The zero-order valence-electron chi connectivity index (χ0n) is 14.9. The Morgan fingerprint density at radius 3 is 2.37 bits per heavy atom. The van der Waals surface area contributed by atoms with Crippen LogP contribution in [0, 0.1) is 5.82 Å². The number of benzene rings is 2. The van der Waals surface area contributed by atoms with Crippen LogP contribution in [-0.2, 0) is 9.53 Å². The molecule has 2 aromatic carbocycles. The SMILES string of the molecule is CCOC(=O)[C@@H]1CSCCN1C(=O)c1ccc(Oc2ccc(F)cc2)cc1. The maximum absolute atomic E-state index is 12.9.